The van der Waals surface area contributed by atoms with Crippen molar-refractivity contribution in [3.05, 3.63) is 65.7 Å². The minimum absolute atomic E-state index is 0.0562. The summed E-state index contributed by atoms with van der Waals surface area (Å²) in [5, 5.41) is 14.5. The number of benzene rings is 2. The van der Waals surface area contributed by atoms with Gasteiger partial charge >= 0.3 is 5.97 Å². The van der Waals surface area contributed by atoms with Crippen molar-refractivity contribution in [2.45, 2.75) is 19.4 Å². The van der Waals surface area contributed by atoms with Gasteiger partial charge in [0.2, 0.25) is 0 Å². The van der Waals surface area contributed by atoms with Gasteiger partial charge in [-0.05, 0) is 30.2 Å². The molecule has 0 aromatic heterocycles. The molecule has 0 aliphatic heterocycles. The fourth-order valence-electron chi connectivity index (χ4n) is 2.30. The summed E-state index contributed by atoms with van der Waals surface area (Å²) >= 11 is 0. The molecule has 0 unspecified atom stereocenters. The van der Waals surface area contributed by atoms with E-state index in [-0.39, 0.29) is 18.5 Å². The third-order valence-corrected chi connectivity index (χ3v) is 3.48. The van der Waals surface area contributed by atoms with Gasteiger partial charge in [-0.15, -0.1) is 0 Å². The molecular formula is C18H20N2O3. The quantitative estimate of drug-likeness (QED) is 0.734. The number of nitrogens with one attached hydrogen (secondary N) is 2. The lowest BCUT2D eigenvalue weighted by Crippen LogP contribution is -2.28. The van der Waals surface area contributed by atoms with Gasteiger partial charge < -0.3 is 15.7 Å². The first-order valence-electron chi connectivity index (χ1n) is 7.51. The molecule has 1 atom stereocenters. The van der Waals surface area contributed by atoms with E-state index in [1.54, 1.807) is 24.3 Å². The van der Waals surface area contributed by atoms with Crippen molar-refractivity contribution >= 4 is 17.6 Å². The first kappa shape index (κ1) is 16.5. The van der Waals surface area contributed by atoms with Gasteiger partial charge in [-0.25, -0.2) is 0 Å². The van der Waals surface area contributed by atoms with Crippen molar-refractivity contribution in [3.8, 4) is 0 Å². The molecule has 0 spiro atoms. The molecule has 0 radical (unpaired) electrons. The Morgan fingerprint density at radius 3 is 2.48 bits per heavy atom. The van der Waals surface area contributed by atoms with Crippen LogP contribution in [0.25, 0.3) is 0 Å². The highest BCUT2D eigenvalue weighted by Gasteiger charge is 2.14. The van der Waals surface area contributed by atoms with Crippen molar-refractivity contribution in [1.82, 2.24) is 5.32 Å². The third-order valence-electron chi connectivity index (χ3n) is 3.48. The average molecular weight is 312 g/mol. The molecule has 23 heavy (non-hydrogen) atoms. The zero-order chi connectivity index (χ0) is 16.7. The van der Waals surface area contributed by atoms with Crippen LogP contribution in [-0.2, 0) is 4.79 Å². The largest absolute Gasteiger partial charge is 0.480 e. The number of amides is 1. The second kappa shape index (κ2) is 7.98. The lowest BCUT2D eigenvalue weighted by Gasteiger charge is -2.17. The summed E-state index contributed by atoms with van der Waals surface area (Å²) < 4.78 is 0. The van der Waals surface area contributed by atoms with E-state index >= 15 is 0 Å². The fourth-order valence-corrected chi connectivity index (χ4v) is 2.30. The molecular weight excluding hydrogens is 292 g/mol. The number of hydrogen-bond donors (Lipinski definition) is 3. The second-order valence-electron chi connectivity index (χ2n) is 5.17. The number of hydrogen-bond acceptors (Lipinski definition) is 3. The van der Waals surface area contributed by atoms with Crippen LogP contribution in [0.2, 0.25) is 0 Å². The average Bonchev–Trinajstić information content (AvgIpc) is 2.58. The Labute approximate surface area is 135 Å². The van der Waals surface area contributed by atoms with E-state index in [4.69, 9.17) is 5.11 Å². The highest BCUT2D eigenvalue weighted by Crippen LogP contribution is 2.17. The van der Waals surface area contributed by atoms with E-state index in [2.05, 4.69) is 10.6 Å². The molecule has 2 rings (SSSR count). The maximum atomic E-state index is 12.4. The summed E-state index contributed by atoms with van der Waals surface area (Å²) in [7, 11) is 0. The van der Waals surface area contributed by atoms with Gasteiger partial charge in [-0.2, -0.15) is 0 Å². The van der Waals surface area contributed by atoms with Crippen molar-refractivity contribution < 1.29 is 14.7 Å². The summed E-state index contributed by atoms with van der Waals surface area (Å²) in [5.41, 5.74) is 2.16. The Bertz CT molecular complexity index is 671. The van der Waals surface area contributed by atoms with Crippen LogP contribution in [0.15, 0.2) is 54.6 Å². The first-order valence-corrected chi connectivity index (χ1v) is 7.51. The molecule has 2 aromatic rings. The summed E-state index contributed by atoms with van der Waals surface area (Å²) in [6, 6.07) is 16.6. The monoisotopic (exact) mass is 312 g/mol. The summed E-state index contributed by atoms with van der Waals surface area (Å²) in [6.45, 7) is 1.83. The number of carboxylic acid groups (broad SMARTS) is 1. The van der Waals surface area contributed by atoms with Crippen molar-refractivity contribution in [1.29, 1.82) is 0 Å². The van der Waals surface area contributed by atoms with Crippen LogP contribution in [0.5, 0.6) is 0 Å². The highest BCUT2D eigenvalue weighted by atomic mass is 16.4. The molecule has 0 heterocycles. The topological polar surface area (TPSA) is 78.4 Å². The van der Waals surface area contributed by atoms with Gasteiger partial charge in [0.15, 0.2) is 0 Å². The molecule has 5 nitrogen and oxygen atoms in total. The predicted molar refractivity (Wildman–Crippen MR) is 89.5 cm³/mol. The van der Waals surface area contributed by atoms with Gasteiger partial charge in [0.1, 0.15) is 6.54 Å². The number of aliphatic carboxylic acids is 1. The molecule has 0 aliphatic rings. The van der Waals surface area contributed by atoms with E-state index in [0.717, 1.165) is 12.0 Å². The Balaban J connectivity index is 2.07. The molecule has 3 N–H and O–H groups in total. The number of carboxylic acids is 1. The molecule has 1 amide bonds. The van der Waals surface area contributed by atoms with Gasteiger partial charge in [0.25, 0.3) is 5.91 Å². The zero-order valence-electron chi connectivity index (χ0n) is 13.0. The van der Waals surface area contributed by atoms with E-state index in [0.29, 0.717) is 11.3 Å². The van der Waals surface area contributed by atoms with E-state index in [1.165, 1.54) is 0 Å². The highest BCUT2D eigenvalue weighted by molar-refractivity contribution is 5.95. The smallest absolute Gasteiger partial charge is 0.322 e. The summed E-state index contributed by atoms with van der Waals surface area (Å²) in [6.07, 6.45) is 0.784. The molecule has 0 fully saturated rings. The van der Waals surface area contributed by atoms with E-state index < -0.39 is 5.97 Å². The van der Waals surface area contributed by atoms with Crippen LogP contribution in [0.4, 0.5) is 5.69 Å². The Hall–Kier alpha value is -2.82. The van der Waals surface area contributed by atoms with Crippen LogP contribution in [-0.4, -0.2) is 23.5 Å². The van der Waals surface area contributed by atoms with Gasteiger partial charge in [-0.1, -0.05) is 43.3 Å². The molecule has 0 saturated heterocycles. The molecule has 0 saturated carbocycles. The molecule has 5 heteroatoms. The third kappa shape index (κ3) is 4.85. The number of anilines is 1. The van der Waals surface area contributed by atoms with Crippen molar-refractivity contribution in [2.75, 3.05) is 11.9 Å². The summed E-state index contributed by atoms with van der Waals surface area (Å²) in [5.74, 6) is -1.13. The lowest BCUT2D eigenvalue weighted by atomic mass is 10.0. The Kier molecular flexibility index (Phi) is 5.74. The van der Waals surface area contributed by atoms with Crippen LogP contribution in [0.1, 0.15) is 35.3 Å². The van der Waals surface area contributed by atoms with Gasteiger partial charge in [0.05, 0.1) is 6.04 Å². The Morgan fingerprint density at radius 2 is 1.83 bits per heavy atom. The van der Waals surface area contributed by atoms with Crippen LogP contribution in [0.3, 0.4) is 0 Å². The zero-order valence-corrected chi connectivity index (χ0v) is 13.0. The second-order valence-corrected chi connectivity index (χ2v) is 5.17. The number of carbonyl (C=O) groups excluding carboxylic acids is 1. The van der Waals surface area contributed by atoms with Crippen LogP contribution >= 0.6 is 0 Å². The minimum Gasteiger partial charge on any atom is -0.480 e. The van der Waals surface area contributed by atoms with Crippen molar-refractivity contribution in [3.63, 3.8) is 0 Å². The molecule has 0 aliphatic carbocycles. The maximum absolute atomic E-state index is 12.4. The number of carbonyl (C=O) groups is 2. The normalized spacial score (nSPS) is 11.5. The maximum Gasteiger partial charge on any atom is 0.322 e. The Morgan fingerprint density at radius 1 is 1.09 bits per heavy atom. The van der Waals surface area contributed by atoms with Gasteiger partial charge in [0, 0.05) is 11.3 Å². The fraction of sp³-hybridized carbons (Fsp3) is 0.222. The van der Waals surface area contributed by atoms with Crippen molar-refractivity contribution in [2.24, 2.45) is 0 Å². The molecule has 2 aromatic carbocycles. The minimum atomic E-state index is -0.949. The van der Waals surface area contributed by atoms with Crippen LogP contribution in [0, 0.1) is 0 Å². The first-order chi connectivity index (χ1) is 11.1. The lowest BCUT2D eigenvalue weighted by molar-refractivity contribution is -0.134. The van der Waals surface area contributed by atoms with E-state index in [9.17, 15) is 9.59 Å². The van der Waals surface area contributed by atoms with Crippen LogP contribution < -0.4 is 10.6 Å². The standard InChI is InChI=1S/C18H20N2O3/c1-2-16(13-7-4-3-5-8-13)20-18(23)14-9-6-10-15(11-14)19-12-17(21)22/h3-11,16,19H,2,12H2,1H3,(H,20,23)(H,21,22)/t16-/m0/s1. The van der Waals surface area contributed by atoms with Gasteiger partial charge in [-0.3, -0.25) is 9.59 Å². The summed E-state index contributed by atoms with van der Waals surface area (Å²) in [4.78, 5) is 23.0. The molecule has 0 bridgehead atoms. The molecule has 120 valence electrons. The van der Waals surface area contributed by atoms with E-state index in [1.807, 2.05) is 37.3 Å². The SMILES string of the molecule is CC[C@H](NC(=O)c1cccc(NCC(=O)O)c1)c1ccccc1. The predicted octanol–water partition coefficient (Wildman–Crippen LogP) is 3.06. The number of rotatable bonds is 7.